The molecular weight excluding hydrogens is 269 g/mol. The van der Waals surface area contributed by atoms with Crippen LogP contribution in [0.15, 0.2) is 41.5 Å². The van der Waals surface area contributed by atoms with Crippen molar-refractivity contribution in [1.82, 2.24) is 20.4 Å². The fourth-order valence-electron chi connectivity index (χ4n) is 1.99. The smallest absolute Gasteiger partial charge is 0.191 e. The van der Waals surface area contributed by atoms with Crippen LogP contribution in [-0.2, 0) is 20.0 Å². The van der Waals surface area contributed by atoms with Crippen LogP contribution < -0.4 is 10.6 Å². The molecule has 5 nitrogen and oxygen atoms in total. The van der Waals surface area contributed by atoms with Crippen molar-refractivity contribution in [2.24, 2.45) is 12.0 Å². The highest BCUT2D eigenvalue weighted by molar-refractivity contribution is 5.79. The molecule has 0 unspecified atom stereocenters. The Balaban J connectivity index is 1.77. The fraction of sp³-hybridized carbons (Fsp3) is 0.333. The van der Waals surface area contributed by atoms with Crippen molar-refractivity contribution >= 4 is 5.96 Å². The number of aromatic nitrogens is 2. The van der Waals surface area contributed by atoms with Gasteiger partial charge in [0.05, 0.1) is 12.2 Å². The van der Waals surface area contributed by atoms with E-state index < -0.39 is 0 Å². The molecule has 0 aliphatic carbocycles. The lowest BCUT2D eigenvalue weighted by Gasteiger charge is -2.12. The Bertz CT molecular complexity index is 606. The van der Waals surface area contributed by atoms with Crippen LogP contribution in [0.4, 0.5) is 4.39 Å². The van der Waals surface area contributed by atoms with E-state index in [1.54, 1.807) is 25.4 Å². The van der Waals surface area contributed by atoms with Gasteiger partial charge < -0.3 is 10.6 Å². The second-order valence-corrected chi connectivity index (χ2v) is 4.68. The Morgan fingerprint density at radius 2 is 2.19 bits per heavy atom. The standard InChI is InChI=1S/C15H20FN5/c1-17-15(19-11-14-7-9-20-21(14)2)18-8-6-12-4-3-5-13(16)10-12/h3-5,7,9-10H,6,8,11H2,1-2H3,(H2,17,18,19). The van der Waals surface area contributed by atoms with E-state index in [0.29, 0.717) is 19.0 Å². The molecule has 1 aromatic heterocycles. The molecular formula is C15H20FN5. The molecule has 0 aliphatic rings. The second-order valence-electron chi connectivity index (χ2n) is 4.68. The molecule has 0 fully saturated rings. The number of aryl methyl sites for hydroxylation is 1. The highest BCUT2D eigenvalue weighted by Crippen LogP contribution is 2.03. The van der Waals surface area contributed by atoms with E-state index in [-0.39, 0.29) is 5.82 Å². The van der Waals surface area contributed by atoms with Crippen LogP contribution in [0.5, 0.6) is 0 Å². The summed E-state index contributed by atoms with van der Waals surface area (Å²) in [5.41, 5.74) is 2.03. The molecule has 0 radical (unpaired) electrons. The molecule has 6 heteroatoms. The summed E-state index contributed by atoms with van der Waals surface area (Å²) in [6.45, 7) is 1.34. The molecule has 112 valence electrons. The minimum Gasteiger partial charge on any atom is -0.356 e. The van der Waals surface area contributed by atoms with Crippen molar-refractivity contribution in [3.63, 3.8) is 0 Å². The molecule has 0 aliphatic heterocycles. The Hall–Kier alpha value is -2.37. The summed E-state index contributed by atoms with van der Waals surface area (Å²) in [6, 6.07) is 8.59. The predicted octanol–water partition coefficient (Wildman–Crippen LogP) is 1.47. The van der Waals surface area contributed by atoms with E-state index in [1.807, 2.05) is 23.9 Å². The maximum atomic E-state index is 13.1. The lowest BCUT2D eigenvalue weighted by Crippen LogP contribution is -2.38. The average molecular weight is 289 g/mol. The van der Waals surface area contributed by atoms with Gasteiger partial charge in [-0.3, -0.25) is 9.67 Å². The van der Waals surface area contributed by atoms with Gasteiger partial charge in [0.2, 0.25) is 0 Å². The highest BCUT2D eigenvalue weighted by Gasteiger charge is 2.01. The summed E-state index contributed by atoms with van der Waals surface area (Å²) in [7, 11) is 3.62. The maximum absolute atomic E-state index is 13.1. The molecule has 0 saturated heterocycles. The van der Waals surface area contributed by atoms with Crippen molar-refractivity contribution < 1.29 is 4.39 Å². The lowest BCUT2D eigenvalue weighted by molar-refractivity contribution is 0.625. The number of hydrogen-bond donors (Lipinski definition) is 2. The Labute approximate surface area is 123 Å². The Kier molecular flexibility index (Phi) is 5.31. The minimum atomic E-state index is -0.203. The summed E-state index contributed by atoms with van der Waals surface area (Å²) in [5, 5.41) is 10.5. The largest absolute Gasteiger partial charge is 0.356 e. The number of benzene rings is 1. The van der Waals surface area contributed by atoms with Gasteiger partial charge in [0.15, 0.2) is 5.96 Å². The first-order valence-electron chi connectivity index (χ1n) is 6.85. The van der Waals surface area contributed by atoms with Crippen LogP contribution in [0.25, 0.3) is 0 Å². The predicted molar refractivity (Wildman–Crippen MR) is 81.5 cm³/mol. The van der Waals surface area contributed by atoms with Crippen molar-refractivity contribution in [2.45, 2.75) is 13.0 Å². The average Bonchev–Trinajstić information content (AvgIpc) is 2.88. The fourth-order valence-corrected chi connectivity index (χ4v) is 1.99. The molecule has 21 heavy (non-hydrogen) atoms. The summed E-state index contributed by atoms with van der Waals surface area (Å²) >= 11 is 0. The van der Waals surface area contributed by atoms with Gasteiger partial charge in [-0.15, -0.1) is 0 Å². The molecule has 2 rings (SSSR count). The first-order valence-corrected chi connectivity index (χ1v) is 6.85. The van der Waals surface area contributed by atoms with Crippen molar-refractivity contribution in [3.05, 3.63) is 53.6 Å². The quantitative estimate of drug-likeness (QED) is 0.647. The van der Waals surface area contributed by atoms with Crippen LogP contribution in [0.1, 0.15) is 11.3 Å². The van der Waals surface area contributed by atoms with Gasteiger partial charge >= 0.3 is 0 Å². The van der Waals surface area contributed by atoms with Crippen LogP contribution in [0, 0.1) is 5.82 Å². The van der Waals surface area contributed by atoms with Gasteiger partial charge in [-0.25, -0.2) is 4.39 Å². The minimum absolute atomic E-state index is 0.203. The molecule has 0 spiro atoms. The van der Waals surface area contributed by atoms with Crippen LogP contribution >= 0.6 is 0 Å². The third kappa shape index (κ3) is 4.59. The van der Waals surface area contributed by atoms with Crippen molar-refractivity contribution in [2.75, 3.05) is 13.6 Å². The molecule has 0 saturated carbocycles. The van der Waals surface area contributed by atoms with E-state index in [2.05, 4.69) is 20.7 Å². The first kappa shape index (κ1) is 15.0. The molecule has 0 atom stereocenters. The van der Waals surface area contributed by atoms with Gasteiger partial charge in [0.25, 0.3) is 0 Å². The van der Waals surface area contributed by atoms with E-state index >= 15 is 0 Å². The number of guanidine groups is 1. The highest BCUT2D eigenvalue weighted by atomic mass is 19.1. The van der Waals surface area contributed by atoms with Gasteiger partial charge in [0, 0.05) is 26.8 Å². The van der Waals surface area contributed by atoms with E-state index in [4.69, 9.17) is 0 Å². The number of hydrogen-bond acceptors (Lipinski definition) is 2. The SMILES string of the molecule is CN=C(NCCc1cccc(F)c1)NCc1ccnn1C. The Morgan fingerprint density at radius 1 is 1.33 bits per heavy atom. The summed E-state index contributed by atoms with van der Waals surface area (Å²) in [4.78, 5) is 4.16. The zero-order chi connectivity index (χ0) is 15.1. The van der Waals surface area contributed by atoms with E-state index in [1.165, 1.54) is 6.07 Å². The second kappa shape index (κ2) is 7.42. The van der Waals surface area contributed by atoms with E-state index in [0.717, 1.165) is 17.7 Å². The van der Waals surface area contributed by atoms with Gasteiger partial charge in [-0.2, -0.15) is 5.10 Å². The van der Waals surface area contributed by atoms with Crippen molar-refractivity contribution in [1.29, 1.82) is 0 Å². The van der Waals surface area contributed by atoms with Crippen molar-refractivity contribution in [3.8, 4) is 0 Å². The number of aliphatic imine (C=N–C) groups is 1. The molecule has 0 amide bonds. The van der Waals surface area contributed by atoms with E-state index in [9.17, 15) is 4.39 Å². The van der Waals surface area contributed by atoms with Crippen LogP contribution in [-0.4, -0.2) is 29.3 Å². The van der Waals surface area contributed by atoms with Crippen LogP contribution in [0.3, 0.4) is 0 Å². The number of rotatable bonds is 5. The summed E-state index contributed by atoms with van der Waals surface area (Å²) in [5.74, 6) is 0.513. The third-order valence-corrected chi connectivity index (χ3v) is 3.18. The van der Waals surface area contributed by atoms with Crippen LogP contribution in [0.2, 0.25) is 0 Å². The summed E-state index contributed by atoms with van der Waals surface area (Å²) < 4.78 is 14.9. The maximum Gasteiger partial charge on any atom is 0.191 e. The van der Waals surface area contributed by atoms with Gasteiger partial charge in [0.1, 0.15) is 5.82 Å². The zero-order valence-corrected chi connectivity index (χ0v) is 12.3. The first-order chi connectivity index (χ1) is 10.2. The normalized spacial score (nSPS) is 11.5. The zero-order valence-electron chi connectivity index (χ0n) is 12.3. The molecule has 0 bridgehead atoms. The summed E-state index contributed by atoms with van der Waals surface area (Å²) in [6.07, 6.45) is 2.50. The number of halogens is 1. The third-order valence-electron chi connectivity index (χ3n) is 3.18. The molecule has 2 N–H and O–H groups in total. The number of nitrogens with zero attached hydrogens (tertiary/aromatic N) is 3. The van der Waals surface area contributed by atoms with Gasteiger partial charge in [-0.1, -0.05) is 12.1 Å². The molecule has 1 heterocycles. The number of nitrogens with one attached hydrogen (secondary N) is 2. The Morgan fingerprint density at radius 3 is 2.86 bits per heavy atom. The monoisotopic (exact) mass is 289 g/mol. The molecule has 1 aromatic carbocycles. The molecule has 2 aromatic rings. The lowest BCUT2D eigenvalue weighted by atomic mass is 10.1. The van der Waals surface area contributed by atoms with Gasteiger partial charge in [-0.05, 0) is 30.2 Å². The topological polar surface area (TPSA) is 54.2 Å².